The summed E-state index contributed by atoms with van der Waals surface area (Å²) in [5.74, 6) is 0. The molecule has 1 nitrogen and oxygen atoms in total. The number of hydrogen-bond acceptors (Lipinski definition) is 1. The van der Waals surface area contributed by atoms with E-state index in [1.807, 2.05) is 25.2 Å². The summed E-state index contributed by atoms with van der Waals surface area (Å²) in [6.45, 7) is 2.19. The molecule has 0 amide bonds. The predicted octanol–water partition coefficient (Wildman–Crippen LogP) is 3.92. The van der Waals surface area contributed by atoms with Crippen LogP contribution in [0.25, 0.3) is 0 Å². The van der Waals surface area contributed by atoms with E-state index in [-0.39, 0.29) is 0 Å². The molecule has 3 heteroatoms. The standard InChI is InChI=1S/C12H17Cl2N/c1-3-10(15-2)6-4-9-5-7-11(13)12(14)8-9/h5,7-8,10,15H,3-4,6H2,1-2H3. The maximum absolute atomic E-state index is 5.95. The van der Waals surface area contributed by atoms with Crippen molar-refractivity contribution in [3.63, 3.8) is 0 Å². The molecule has 1 aromatic carbocycles. The quantitative estimate of drug-likeness (QED) is 0.830. The molecule has 84 valence electrons. The van der Waals surface area contributed by atoms with E-state index >= 15 is 0 Å². The molecule has 0 aliphatic heterocycles. The number of nitrogens with one attached hydrogen (secondary N) is 1. The van der Waals surface area contributed by atoms with Crippen molar-refractivity contribution in [2.45, 2.75) is 32.2 Å². The molecule has 0 aliphatic rings. The third-order valence-corrected chi connectivity index (χ3v) is 3.41. The van der Waals surface area contributed by atoms with Gasteiger partial charge in [-0.25, -0.2) is 0 Å². The monoisotopic (exact) mass is 245 g/mol. The van der Waals surface area contributed by atoms with E-state index in [1.165, 1.54) is 5.56 Å². The molecule has 0 fully saturated rings. The van der Waals surface area contributed by atoms with Crippen LogP contribution in [-0.4, -0.2) is 13.1 Å². The molecule has 0 saturated carbocycles. The van der Waals surface area contributed by atoms with Gasteiger partial charge in [0.2, 0.25) is 0 Å². The third-order valence-electron chi connectivity index (χ3n) is 2.67. The Morgan fingerprint density at radius 2 is 2.00 bits per heavy atom. The fourth-order valence-corrected chi connectivity index (χ4v) is 1.91. The lowest BCUT2D eigenvalue weighted by molar-refractivity contribution is 0.509. The highest BCUT2D eigenvalue weighted by molar-refractivity contribution is 6.42. The minimum atomic E-state index is 0.583. The van der Waals surface area contributed by atoms with Gasteiger partial charge in [-0.15, -0.1) is 0 Å². The summed E-state index contributed by atoms with van der Waals surface area (Å²) in [5.41, 5.74) is 1.25. The van der Waals surface area contributed by atoms with Crippen molar-refractivity contribution in [1.82, 2.24) is 5.32 Å². The van der Waals surface area contributed by atoms with E-state index in [0.717, 1.165) is 19.3 Å². The molecule has 1 N–H and O–H groups in total. The van der Waals surface area contributed by atoms with Crippen molar-refractivity contribution in [3.05, 3.63) is 33.8 Å². The summed E-state index contributed by atoms with van der Waals surface area (Å²) in [7, 11) is 2.00. The van der Waals surface area contributed by atoms with Gasteiger partial charge in [-0.05, 0) is 44.0 Å². The first-order valence-electron chi connectivity index (χ1n) is 5.28. The van der Waals surface area contributed by atoms with Gasteiger partial charge in [-0.1, -0.05) is 36.2 Å². The van der Waals surface area contributed by atoms with E-state index in [2.05, 4.69) is 12.2 Å². The molecular formula is C12H17Cl2N. The lowest BCUT2D eigenvalue weighted by atomic mass is 10.0. The van der Waals surface area contributed by atoms with Crippen molar-refractivity contribution in [2.24, 2.45) is 0 Å². The number of benzene rings is 1. The van der Waals surface area contributed by atoms with Crippen molar-refractivity contribution in [2.75, 3.05) is 7.05 Å². The Hall–Kier alpha value is -0.240. The van der Waals surface area contributed by atoms with Crippen LogP contribution in [0.15, 0.2) is 18.2 Å². The molecule has 0 aromatic heterocycles. The van der Waals surface area contributed by atoms with Gasteiger partial charge in [0.05, 0.1) is 10.0 Å². The second kappa shape index (κ2) is 6.37. The van der Waals surface area contributed by atoms with E-state index in [4.69, 9.17) is 23.2 Å². The first-order valence-corrected chi connectivity index (χ1v) is 6.04. The highest BCUT2D eigenvalue weighted by Gasteiger charge is 2.04. The number of aryl methyl sites for hydroxylation is 1. The normalized spacial score (nSPS) is 12.8. The summed E-state index contributed by atoms with van der Waals surface area (Å²) in [5, 5.41) is 4.56. The van der Waals surface area contributed by atoms with E-state index < -0.39 is 0 Å². The van der Waals surface area contributed by atoms with Crippen molar-refractivity contribution < 1.29 is 0 Å². The summed E-state index contributed by atoms with van der Waals surface area (Å²) in [4.78, 5) is 0. The first-order chi connectivity index (χ1) is 7.17. The molecular weight excluding hydrogens is 229 g/mol. The second-order valence-electron chi connectivity index (χ2n) is 3.68. The van der Waals surface area contributed by atoms with Gasteiger partial charge in [-0.2, -0.15) is 0 Å². The molecule has 0 saturated heterocycles. The lowest BCUT2D eigenvalue weighted by Crippen LogP contribution is -2.24. The molecule has 1 unspecified atom stereocenters. The molecule has 0 radical (unpaired) electrons. The summed E-state index contributed by atoms with van der Waals surface area (Å²) >= 11 is 11.8. The number of rotatable bonds is 5. The smallest absolute Gasteiger partial charge is 0.0595 e. The minimum Gasteiger partial charge on any atom is -0.317 e. The van der Waals surface area contributed by atoms with Gasteiger partial charge in [0.1, 0.15) is 0 Å². The van der Waals surface area contributed by atoms with Gasteiger partial charge >= 0.3 is 0 Å². The van der Waals surface area contributed by atoms with Crippen LogP contribution in [0.4, 0.5) is 0 Å². The lowest BCUT2D eigenvalue weighted by Gasteiger charge is -2.13. The predicted molar refractivity (Wildman–Crippen MR) is 67.9 cm³/mol. The highest BCUT2D eigenvalue weighted by atomic mass is 35.5. The molecule has 1 rings (SSSR count). The molecule has 0 heterocycles. The van der Waals surface area contributed by atoms with Crippen LogP contribution < -0.4 is 5.32 Å². The van der Waals surface area contributed by atoms with Gasteiger partial charge in [0.15, 0.2) is 0 Å². The van der Waals surface area contributed by atoms with Crippen molar-refractivity contribution >= 4 is 23.2 Å². The maximum Gasteiger partial charge on any atom is 0.0595 e. The van der Waals surface area contributed by atoms with Crippen LogP contribution in [0.1, 0.15) is 25.3 Å². The average molecular weight is 246 g/mol. The van der Waals surface area contributed by atoms with Gasteiger partial charge in [-0.3, -0.25) is 0 Å². The van der Waals surface area contributed by atoms with Crippen LogP contribution in [0.2, 0.25) is 10.0 Å². The zero-order chi connectivity index (χ0) is 11.3. The largest absolute Gasteiger partial charge is 0.317 e. The average Bonchev–Trinajstić information content (AvgIpc) is 2.24. The zero-order valence-electron chi connectivity index (χ0n) is 9.19. The highest BCUT2D eigenvalue weighted by Crippen LogP contribution is 2.23. The van der Waals surface area contributed by atoms with E-state index in [0.29, 0.717) is 16.1 Å². The third kappa shape index (κ3) is 4.02. The molecule has 0 aliphatic carbocycles. The van der Waals surface area contributed by atoms with E-state index in [1.54, 1.807) is 0 Å². The Balaban J connectivity index is 2.54. The minimum absolute atomic E-state index is 0.583. The SMILES string of the molecule is CCC(CCc1ccc(Cl)c(Cl)c1)NC. The van der Waals surface area contributed by atoms with E-state index in [9.17, 15) is 0 Å². The van der Waals surface area contributed by atoms with Gasteiger partial charge < -0.3 is 5.32 Å². The Kier molecular flexibility index (Phi) is 5.44. The van der Waals surface area contributed by atoms with Crippen LogP contribution in [0.3, 0.4) is 0 Å². The summed E-state index contributed by atoms with van der Waals surface area (Å²) in [6.07, 6.45) is 3.32. The fraction of sp³-hybridized carbons (Fsp3) is 0.500. The Morgan fingerprint density at radius 3 is 2.53 bits per heavy atom. The molecule has 15 heavy (non-hydrogen) atoms. The Labute approximate surface area is 102 Å². The molecule has 0 bridgehead atoms. The number of halogens is 2. The fourth-order valence-electron chi connectivity index (χ4n) is 1.59. The van der Waals surface area contributed by atoms with Gasteiger partial charge in [0.25, 0.3) is 0 Å². The van der Waals surface area contributed by atoms with Crippen molar-refractivity contribution in [3.8, 4) is 0 Å². The molecule has 1 atom stereocenters. The van der Waals surface area contributed by atoms with Crippen molar-refractivity contribution in [1.29, 1.82) is 0 Å². The van der Waals surface area contributed by atoms with Crippen LogP contribution in [0, 0.1) is 0 Å². The first kappa shape index (κ1) is 12.8. The van der Waals surface area contributed by atoms with Gasteiger partial charge in [0, 0.05) is 6.04 Å². The summed E-state index contributed by atoms with van der Waals surface area (Å²) < 4.78 is 0. The molecule has 1 aromatic rings. The Bertz CT molecular complexity index is 308. The number of hydrogen-bond donors (Lipinski definition) is 1. The Morgan fingerprint density at radius 1 is 1.27 bits per heavy atom. The second-order valence-corrected chi connectivity index (χ2v) is 4.50. The zero-order valence-corrected chi connectivity index (χ0v) is 10.7. The topological polar surface area (TPSA) is 12.0 Å². The summed E-state index contributed by atoms with van der Waals surface area (Å²) in [6, 6.07) is 6.43. The van der Waals surface area contributed by atoms with Crippen LogP contribution >= 0.6 is 23.2 Å². The maximum atomic E-state index is 5.95. The molecule has 0 spiro atoms. The van der Waals surface area contributed by atoms with Crippen LogP contribution in [-0.2, 0) is 6.42 Å². The van der Waals surface area contributed by atoms with Crippen LogP contribution in [0.5, 0.6) is 0 Å².